The number of aliphatic hydroxyl groups is 1. The van der Waals surface area contributed by atoms with E-state index in [1.807, 2.05) is 20.8 Å². The highest BCUT2D eigenvalue weighted by Crippen LogP contribution is 2.30. The molecule has 0 radical (unpaired) electrons. The second kappa shape index (κ2) is 5.06. The molecule has 1 aliphatic heterocycles. The fourth-order valence-electron chi connectivity index (χ4n) is 2.64. The van der Waals surface area contributed by atoms with Gasteiger partial charge in [-0.25, -0.2) is 8.78 Å². The van der Waals surface area contributed by atoms with E-state index in [4.69, 9.17) is 9.84 Å². The van der Waals surface area contributed by atoms with Crippen LogP contribution in [0, 0.1) is 11.6 Å². The minimum absolute atomic E-state index is 0.0413. The summed E-state index contributed by atoms with van der Waals surface area (Å²) in [7, 11) is 0. The Morgan fingerprint density at radius 1 is 1.37 bits per heavy atom. The predicted octanol–water partition coefficient (Wildman–Crippen LogP) is 2.46. The highest BCUT2D eigenvalue weighted by molar-refractivity contribution is 5.51. The predicted molar refractivity (Wildman–Crippen MR) is 69.1 cm³/mol. The molecule has 0 aromatic heterocycles. The Bertz CT molecular complexity index is 454. The van der Waals surface area contributed by atoms with Crippen LogP contribution >= 0.6 is 0 Å². The second-order valence-electron chi connectivity index (χ2n) is 5.63. The Kier molecular flexibility index (Phi) is 3.78. The zero-order valence-corrected chi connectivity index (χ0v) is 11.4. The lowest BCUT2D eigenvalue weighted by molar-refractivity contribution is -0.0752. The Hall–Kier alpha value is -1.20. The molecule has 1 atom stereocenters. The van der Waals surface area contributed by atoms with Gasteiger partial charge in [-0.3, -0.25) is 0 Å². The maximum atomic E-state index is 14.0. The molecule has 0 bridgehead atoms. The zero-order valence-electron chi connectivity index (χ0n) is 11.4. The van der Waals surface area contributed by atoms with Gasteiger partial charge < -0.3 is 14.7 Å². The number of hydrogen-bond acceptors (Lipinski definition) is 3. The lowest BCUT2D eigenvalue weighted by Gasteiger charge is -2.43. The smallest absolute Gasteiger partial charge is 0.149 e. The van der Waals surface area contributed by atoms with Crippen LogP contribution < -0.4 is 4.90 Å². The van der Waals surface area contributed by atoms with Crippen molar-refractivity contribution in [1.29, 1.82) is 0 Å². The average molecular weight is 271 g/mol. The quantitative estimate of drug-likeness (QED) is 0.897. The van der Waals surface area contributed by atoms with Gasteiger partial charge in [0.05, 0.1) is 18.3 Å². The maximum Gasteiger partial charge on any atom is 0.149 e. The van der Waals surface area contributed by atoms with Crippen LogP contribution in [0.5, 0.6) is 0 Å². The van der Waals surface area contributed by atoms with Crippen molar-refractivity contribution in [3.63, 3.8) is 0 Å². The molecule has 1 aliphatic rings. The van der Waals surface area contributed by atoms with E-state index in [2.05, 4.69) is 0 Å². The average Bonchev–Trinajstić information content (AvgIpc) is 2.24. The van der Waals surface area contributed by atoms with E-state index in [0.717, 1.165) is 0 Å². The van der Waals surface area contributed by atoms with Crippen LogP contribution in [-0.4, -0.2) is 29.9 Å². The lowest BCUT2D eigenvalue weighted by atomic mass is 10.0. The molecule has 1 aromatic rings. The summed E-state index contributed by atoms with van der Waals surface area (Å²) in [5, 5.41) is 8.95. The largest absolute Gasteiger partial charge is 0.392 e. The summed E-state index contributed by atoms with van der Waals surface area (Å²) >= 11 is 0. The van der Waals surface area contributed by atoms with Crippen molar-refractivity contribution in [1.82, 2.24) is 0 Å². The molecule has 0 amide bonds. The first-order valence-electron chi connectivity index (χ1n) is 6.34. The number of aliphatic hydroxyl groups excluding tert-OH is 1. The number of nitrogens with zero attached hydrogens (tertiary/aromatic N) is 1. The van der Waals surface area contributed by atoms with Gasteiger partial charge in [0, 0.05) is 13.1 Å². The molecule has 0 saturated carbocycles. The molecule has 1 unspecified atom stereocenters. The summed E-state index contributed by atoms with van der Waals surface area (Å²) in [6.45, 7) is 6.16. The van der Waals surface area contributed by atoms with E-state index < -0.39 is 17.2 Å². The molecule has 1 saturated heterocycles. The summed E-state index contributed by atoms with van der Waals surface area (Å²) < 4.78 is 33.8. The van der Waals surface area contributed by atoms with E-state index in [1.54, 1.807) is 4.90 Å². The van der Waals surface area contributed by atoms with Gasteiger partial charge in [-0.15, -0.1) is 0 Å². The fraction of sp³-hybridized carbons (Fsp3) is 0.571. The zero-order chi connectivity index (χ0) is 14.2. The molecule has 5 heteroatoms. The van der Waals surface area contributed by atoms with E-state index in [-0.39, 0.29) is 24.0 Å². The molecular weight excluding hydrogens is 252 g/mol. The number of hydrogen-bond donors (Lipinski definition) is 1. The van der Waals surface area contributed by atoms with Crippen LogP contribution in [-0.2, 0) is 11.3 Å². The van der Waals surface area contributed by atoms with Gasteiger partial charge in [-0.1, -0.05) is 0 Å². The minimum atomic E-state index is -0.644. The highest BCUT2D eigenvalue weighted by Gasteiger charge is 2.33. The minimum Gasteiger partial charge on any atom is -0.392 e. The third-order valence-corrected chi connectivity index (χ3v) is 3.14. The van der Waals surface area contributed by atoms with Crippen molar-refractivity contribution < 1.29 is 18.6 Å². The molecule has 0 spiro atoms. The molecule has 2 rings (SSSR count). The first-order chi connectivity index (χ1) is 8.82. The van der Waals surface area contributed by atoms with E-state index >= 15 is 0 Å². The van der Waals surface area contributed by atoms with Gasteiger partial charge in [0.25, 0.3) is 0 Å². The molecule has 1 aromatic carbocycles. The van der Waals surface area contributed by atoms with Gasteiger partial charge in [0.15, 0.2) is 0 Å². The van der Waals surface area contributed by atoms with Crippen molar-refractivity contribution in [2.45, 2.75) is 39.1 Å². The Morgan fingerprint density at radius 2 is 1.95 bits per heavy atom. The Balaban J connectivity index is 2.36. The lowest BCUT2D eigenvalue weighted by Crippen LogP contribution is -2.52. The summed E-state index contributed by atoms with van der Waals surface area (Å²) in [6.07, 6.45) is -0.0972. The molecular formula is C14H19F2NO2. The molecule has 1 heterocycles. The molecule has 106 valence electrons. The van der Waals surface area contributed by atoms with Crippen LogP contribution in [0.1, 0.15) is 26.3 Å². The SMILES string of the molecule is CC1CN(c2c(F)cc(CO)cc2F)CC(C)(C)O1. The Labute approximate surface area is 111 Å². The van der Waals surface area contributed by atoms with Crippen LogP contribution in [0.3, 0.4) is 0 Å². The van der Waals surface area contributed by atoms with Crippen LogP contribution in [0.2, 0.25) is 0 Å². The standard InChI is InChI=1S/C14H19F2NO2/c1-9-6-17(8-14(2,3)19-9)13-11(15)4-10(7-18)5-12(13)16/h4-5,9,18H,6-8H2,1-3H3. The molecule has 19 heavy (non-hydrogen) atoms. The number of rotatable bonds is 2. The summed E-state index contributed by atoms with van der Waals surface area (Å²) in [5.74, 6) is -1.29. The first kappa shape index (κ1) is 14.2. The van der Waals surface area contributed by atoms with Crippen molar-refractivity contribution in [2.24, 2.45) is 0 Å². The molecule has 0 aliphatic carbocycles. The molecule has 3 nitrogen and oxygen atoms in total. The summed E-state index contributed by atoms with van der Waals surface area (Å²) in [6, 6.07) is 2.34. The van der Waals surface area contributed by atoms with Gasteiger partial charge in [-0.2, -0.15) is 0 Å². The highest BCUT2D eigenvalue weighted by atomic mass is 19.1. The normalized spacial score (nSPS) is 22.6. The third-order valence-electron chi connectivity index (χ3n) is 3.14. The summed E-state index contributed by atoms with van der Waals surface area (Å²) in [5.41, 5.74) is -0.258. The van der Waals surface area contributed by atoms with Crippen LogP contribution in [0.25, 0.3) is 0 Å². The van der Waals surface area contributed by atoms with Crippen molar-refractivity contribution in [3.8, 4) is 0 Å². The number of anilines is 1. The third kappa shape index (κ3) is 3.04. The van der Waals surface area contributed by atoms with Crippen molar-refractivity contribution in [2.75, 3.05) is 18.0 Å². The van der Waals surface area contributed by atoms with Crippen molar-refractivity contribution >= 4 is 5.69 Å². The Morgan fingerprint density at radius 3 is 2.42 bits per heavy atom. The fourth-order valence-corrected chi connectivity index (χ4v) is 2.64. The number of halogens is 2. The molecule has 1 N–H and O–H groups in total. The summed E-state index contributed by atoms with van der Waals surface area (Å²) in [4.78, 5) is 1.67. The molecule has 1 fully saturated rings. The number of ether oxygens (including phenoxy) is 1. The first-order valence-corrected chi connectivity index (χ1v) is 6.34. The van der Waals surface area contributed by atoms with Crippen LogP contribution in [0.15, 0.2) is 12.1 Å². The van der Waals surface area contributed by atoms with E-state index in [1.165, 1.54) is 12.1 Å². The van der Waals surface area contributed by atoms with E-state index in [9.17, 15) is 8.78 Å². The van der Waals surface area contributed by atoms with Crippen LogP contribution in [0.4, 0.5) is 14.5 Å². The van der Waals surface area contributed by atoms with Crippen molar-refractivity contribution in [3.05, 3.63) is 29.3 Å². The van der Waals surface area contributed by atoms with Gasteiger partial charge >= 0.3 is 0 Å². The number of morpholine rings is 1. The monoisotopic (exact) mass is 271 g/mol. The van der Waals surface area contributed by atoms with E-state index in [0.29, 0.717) is 13.1 Å². The van der Waals surface area contributed by atoms with Gasteiger partial charge in [0.1, 0.15) is 17.3 Å². The maximum absolute atomic E-state index is 14.0. The second-order valence-corrected chi connectivity index (χ2v) is 5.63. The van der Waals surface area contributed by atoms with Gasteiger partial charge in [-0.05, 0) is 38.5 Å². The van der Waals surface area contributed by atoms with Gasteiger partial charge in [0.2, 0.25) is 0 Å². The topological polar surface area (TPSA) is 32.7 Å². The number of benzene rings is 1.